The summed E-state index contributed by atoms with van der Waals surface area (Å²) in [7, 11) is 0. The number of piperidine rings is 1. The van der Waals surface area contributed by atoms with Crippen LogP contribution in [0.2, 0.25) is 0 Å². The Morgan fingerprint density at radius 1 is 1.03 bits per heavy atom. The van der Waals surface area contributed by atoms with E-state index in [1.54, 1.807) is 12.3 Å². The van der Waals surface area contributed by atoms with Gasteiger partial charge in [-0.15, -0.1) is 0 Å². The topological polar surface area (TPSA) is 58.1 Å². The van der Waals surface area contributed by atoms with E-state index in [4.69, 9.17) is 0 Å². The molecular weight excluding hydrogens is 384 g/mol. The molecule has 4 rings (SSSR count). The number of benzene rings is 1. The minimum absolute atomic E-state index is 0.205. The van der Waals surface area contributed by atoms with E-state index in [1.807, 2.05) is 55.6 Å². The Labute approximate surface area is 183 Å². The molecule has 0 bridgehead atoms. The van der Waals surface area contributed by atoms with Crippen molar-refractivity contribution in [3.8, 4) is 11.1 Å². The first-order chi connectivity index (χ1) is 15.1. The van der Waals surface area contributed by atoms with Crippen LogP contribution in [0.4, 0.5) is 11.6 Å². The van der Waals surface area contributed by atoms with Crippen molar-refractivity contribution >= 4 is 23.6 Å². The number of nitrogens with one attached hydrogen (secondary N) is 1. The van der Waals surface area contributed by atoms with E-state index in [9.17, 15) is 4.79 Å². The Bertz CT molecular complexity index is 1080. The highest BCUT2D eigenvalue weighted by molar-refractivity contribution is 6.01. The Hall–Kier alpha value is -3.47. The minimum atomic E-state index is -0.205. The van der Waals surface area contributed by atoms with Crippen molar-refractivity contribution in [1.29, 1.82) is 0 Å². The molecule has 1 aliphatic heterocycles. The van der Waals surface area contributed by atoms with E-state index in [1.165, 1.54) is 18.9 Å². The lowest BCUT2D eigenvalue weighted by Crippen LogP contribution is -2.33. The van der Waals surface area contributed by atoms with Gasteiger partial charge in [-0.25, -0.2) is 9.97 Å². The molecule has 1 N–H and O–H groups in total. The summed E-state index contributed by atoms with van der Waals surface area (Å²) in [4.78, 5) is 23.6. The zero-order valence-corrected chi connectivity index (χ0v) is 18.1. The molecule has 0 saturated carbocycles. The molecule has 2 aromatic heterocycles. The van der Waals surface area contributed by atoms with Gasteiger partial charge in [-0.1, -0.05) is 36.8 Å². The first kappa shape index (κ1) is 20.8. The number of aromatic nitrogens is 2. The Balaban J connectivity index is 1.46. The van der Waals surface area contributed by atoms with Gasteiger partial charge in [-0.05, 0) is 72.7 Å². The van der Waals surface area contributed by atoms with Gasteiger partial charge in [-0.2, -0.15) is 0 Å². The number of rotatable bonds is 5. The van der Waals surface area contributed by atoms with Gasteiger partial charge < -0.3 is 10.2 Å². The zero-order chi connectivity index (χ0) is 21.6. The van der Waals surface area contributed by atoms with Crippen molar-refractivity contribution in [1.82, 2.24) is 9.97 Å². The number of pyridine rings is 2. The molecular formula is C26H28N4O. The molecule has 3 aromatic rings. The fraction of sp³-hybridized carbons (Fsp3) is 0.269. The van der Waals surface area contributed by atoms with Crippen LogP contribution in [-0.2, 0) is 4.79 Å². The first-order valence-electron chi connectivity index (χ1n) is 10.8. The highest BCUT2D eigenvalue weighted by Gasteiger charge is 2.17. The molecule has 1 saturated heterocycles. The number of nitrogens with zero attached hydrogens (tertiary/aromatic N) is 3. The van der Waals surface area contributed by atoms with Crippen LogP contribution in [0.15, 0.2) is 67.0 Å². The lowest BCUT2D eigenvalue weighted by atomic mass is 9.99. The summed E-state index contributed by atoms with van der Waals surface area (Å²) < 4.78 is 0. The fourth-order valence-corrected chi connectivity index (χ4v) is 3.80. The molecule has 3 heterocycles. The molecule has 0 unspecified atom stereocenters. The van der Waals surface area contributed by atoms with Crippen LogP contribution in [0.3, 0.4) is 0 Å². The number of anilines is 2. The summed E-state index contributed by atoms with van der Waals surface area (Å²) in [6.45, 7) is 6.43. The van der Waals surface area contributed by atoms with Crippen LogP contribution in [0, 0.1) is 12.8 Å². The number of hydrogen-bond donors (Lipinski definition) is 1. The predicted molar refractivity (Wildman–Crippen MR) is 127 cm³/mol. The SMILES string of the molecule is Cc1cccc(/C=C/C(=O)Nc2cc(-c3ccnc(N4CCC(C)CC4)c3)ccn2)c1. The second kappa shape index (κ2) is 9.56. The second-order valence-corrected chi connectivity index (χ2v) is 8.24. The summed E-state index contributed by atoms with van der Waals surface area (Å²) in [5, 5.41) is 2.86. The molecule has 5 heteroatoms. The van der Waals surface area contributed by atoms with Gasteiger partial charge in [0.2, 0.25) is 5.91 Å². The standard InChI is InChI=1S/C26H28N4O/c1-19-10-14-30(15-11-19)25-18-23(9-13-28-25)22-8-12-27-24(17-22)29-26(31)7-6-21-5-3-4-20(2)16-21/h3-9,12-13,16-19H,10-11,14-15H2,1-2H3,(H,27,29,31)/b7-6+. The largest absolute Gasteiger partial charge is 0.357 e. The summed E-state index contributed by atoms with van der Waals surface area (Å²) >= 11 is 0. The smallest absolute Gasteiger partial charge is 0.249 e. The third-order valence-corrected chi connectivity index (χ3v) is 5.67. The number of amides is 1. The van der Waals surface area contributed by atoms with Crippen LogP contribution in [0.1, 0.15) is 30.9 Å². The summed E-state index contributed by atoms with van der Waals surface area (Å²) in [5.74, 6) is 2.12. The molecule has 31 heavy (non-hydrogen) atoms. The molecule has 0 atom stereocenters. The van der Waals surface area contributed by atoms with E-state index in [0.717, 1.165) is 47.1 Å². The number of hydrogen-bond acceptors (Lipinski definition) is 4. The summed E-state index contributed by atoms with van der Waals surface area (Å²) in [6, 6.07) is 16.0. The second-order valence-electron chi connectivity index (χ2n) is 8.24. The Kier molecular flexibility index (Phi) is 6.41. The average molecular weight is 413 g/mol. The van der Waals surface area contributed by atoms with Crippen molar-refractivity contribution in [2.75, 3.05) is 23.3 Å². The highest BCUT2D eigenvalue weighted by Crippen LogP contribution is 2.27. The van der Waals surface area contributed by atoms with Crippen molar-refractivity contribution in [2.45, 2.75) is 26.7 Å². The van der Waals surface area contributed by atoms with Crippen LogP contribution < -0.4 is 10.2 Å². The third kappa shape index (κ3) is 5.57. The Morgan fingerprint density at radius 3 is 2.55 bits per heavy atom. The van der Waals surface area contributed by atoms with Gasteiger partial charge in [0.05, 0.1) is 0 Å². The van der Waals surface area contributed by atoms with E-state index < -0.39 is 0 Å². The predicted octanol–water partition coefficient (Wildman–Crippen LogP) is 5.34. The summed E-state index contributed by atoms with van der Waals surface area (Å²) in [5.41, 5.74) is 4.22. The highest BCUT2D eigenvalue weighted by atomic mass is 16.1. The van der Waals surface area contributed by atoms with Crippen molar-refractivity contribution in [2.24, 2.45) is 5.92 Å². The molecule has 5 nitrogen and oxygen atoms in total. The lowest BCUT2D eigenvalue weighted by Gasteiger charge is -2.31. The monoisotopic (exact) mass is 412 g/mol. The van der Waals surface area contributed by atoms with Gasteiger partial charge in [0.1, 0.15) is 11.6 Å². The van der Waals surface area contributed by atoms with Crippen molar-refractivity contribution in [3.63, 3.8) is 0 Å². The van der Waals surface area contributed by atoms with Crippen LogP contribution in [0.25, 0.3) is 17.2 Å². The molecule has 0 aliphatic carbocycles. The number of aryl methyl sites for hydroxylation is 1. The molecule has 0 radical (unpaired) electrons. The molecule has 1 aromatic carbocycles. The fourth-order valence-electron chi connectivity index (χ4n) is 3.80. The molecule has 1 amide bonds. The zero-order valence-electron chi connectivity index (χ0n) is 18.1. The normalized spacial score (nSPS) is 14.7. The van der Waals surface area contributed by atoms with Crippen molar-refractivity contribution < 1.29 is 4.79 Å². The van der Waals surface area contributed by atoms with Crippen LogP contribution in [0.5, 0.6) is 0 Å². The molecule has 1 fully saturated rings. The van der Waals surface area contributed by atoms with Gasteiger partial charge in [0.15, 0.2) is 0 Å². The van der Waals surface area contributed by atoms with Gasteiger partial charge in [0, 0.05) is 31.6 Å². The van der Waals surface area contributed by atoms with E-state index >= 15 is 0 Å². The number of carbonyl (C=O) groups is 1. The Morgan fingerprint density at radius 2 is 1.77 bits per heavy atom. The van der Waals surface area contributed by atoms with Crippen molar-refractivity contribution in [3.05, 3.63) is 78.1 Å². The van der Waals surface area contributed by atoms with Gasteiger partial charge in [-0.3, -0.25) is 4.79 Å². The van der Waals surface area contributed by atoms with Crippen LogP contribution in [-0.4, -0.2) is 29.0 Å². The maximum atomic E-state index is 12.4. The molecule has 1 aliphatic rings. The molecule has 0 spiro atoms. The maximum absolute atomic E-state index is 12.4. The molecule has 158 valence electrons. The maximum Gasteiger partial charge on any atom is 0.249 e. The minimum Gasteiger partial charge on any atom is -0.357 e. The van der Waals surface area contributed by atoms with Gasteiger partial charge in [0.25, 0.3) is 0 Å². The summed E-state index contributed by atoms with van der Waals surface area (Å²) in [6.07, 6.45) is 9.32. The number of carbonyl (C=O) groups excluding carboxylic acids is 1. The van der Waals surface area contributed by atoms with E-state index in [2.05, 4.69) is 33.2 Å². The van der Waals surface area contributed by atoms with E-state index in [-0.39, 0.29) is 5.91 Å². The lowest BCUT2D eigenvalue weighted by molar-refractivity contribution is -0.111. The average Bonchev–Trinajstić information content (AvgIpc) is 2.79. The quantitative estimate of drug-likeness (QED) is 0.575. The van der Waals surface area contributed by atoms with Crippen LogP contribution >= 0.6 is 0 Å². The first-order valence-corrected chi connectivity index (χ1v) is 10.8. The van der Waals surface area contributed by atoms with Gasteiger partial charge >= 0.3 is 0 Å². The van der Waals surface area contributed by atoms with E-state index in [0.29, 0.717) is 5.82 Å². The third-order valence-electron chi connectivity index (χ3n) is 5.67.